The maximum atomic E-state index is 13.6. The third-order valence-electron chi connectivity index (χ3n) is 7.53. The largest absolute Gasteiger partial charge is 0.497 e. The highest BCUT2D eigenvalue weighted by Gasteiger charge is 2.30. The smallest absolute Gasteiger partial charge is 0.223 e. The molecule has 1 unspecified atom stereocenters. The van der Waals surface area contributed by atoms with Crippen LogP contribution in [0.4, 0.5) is 0 Å². The Morgan fingerprint density at radius 3 is 2.35 bits per heavy atom. The van der Waals surface area contributed by atoms with Crippen LogP contribution >= 0.6 is 0 Å². The Morgan fingerprint density at radius 1 is 1.00 bits per heavy atom. The number of nitrogens with zero attached hydrogens (tertiary/aromatic N) is 3. The summed E-state index contributed by atoms with van der Waals surface area (Å²) in [5.74, 6) is 1.09. The van der Waals surface area contributed by atoms with Crippen molar-refractivity contribution in [3.63, 3.8) is 0 Å². The van der Waals surface area contributed by atoms with E-state index in [4.69, 9.17) is 24.9 Å². The molecule has 1 fully saturated rings. The molecule has 0 radical (unpaired) electrons. The number of fused-ring (bicyclic) bond motifs is 1. The monoisotopic (exact) mass is 542 g/mol. The zero-order chi connectivity index (χ0) is 28.1. The second-order valence-corrected chi connectivity index (χ2v) is 9.98. The summed E-state index contributed by atoms with van der Waals surface area (Å²) in [6.07, 6.45) is 5.10. The van der Waals surface area contributed by atoms with E-state index >= 15 is 0 Å². The van der Waals surface area contributed by atoms with Gasteiger partial charge >= 0.3 is 0 Å². The van der Waals surface area contributed by atoms with Gasteiger partial charge in [0.1, 0.15) is 18.1 Å². The van der Waals surface area contributed by atoms with Crippen molar-refractivity contribution < 1.29 is 23.8 Å². The number of methoxy groups -OCH3 is 2. The lowest BCUT2D eigenvalue weighted by atomic mass is 9.90. The molecule has 208 valence electrons. The molecule has 40 heavy (non-hydrogen) atoms. The van der Waals surface area contributed by atoms with E-state index in [0.717, 1.165) is 16.8 Å². The lowest BCUT2D eigenvalue weighted by Gasteiger charge is -2.32. The first-order valence-electron chi connectivity index (χ1n) is 13.4. The number of nitrogens with two attached hydrogens (primary N) is 1. The number of carbonyl (C=O) groups is 2. The average Bonchev–Trinajstić information content (AvgIpc) is 3.43. The Balaban J connectivity index is 1.48. The predicted octanol–water partition coefficient (Wildman–Crippen LogP) is 4.18. The Morgan fingerprint density at radius 2 is 1.70 bits per heavy atom. The summed E-state index contributed by atoms with van der Waals surface area (Å²) in [7, 11) is 3.21. The Labute approximate surface area is 233 Å². The third-order valence-corrected chi connectivity index (χ3v) is 7.53. The molecule has 2 amide bonds. The van der Waals surface area contributed by atoms with Crippen LogP contribution in [0.25, 0.3) is 5.65 Å². The van der Waals surface area contributed by atoms with Gasteiger partial charge in [-0.15, -0.1) is 0 Å². The van der Waals surface area contributed by atoms with Crippen LogP contribution in [-0.4, -0.2) is 53.4 Å². The molecule has 9 heteroatoms. The number of pyridine rings is 1. The van der Waals surface area contributed by atoms with E-state index in [-0.39, 0.29) is 30.1 Å². The minimum Gasteiger partial charge on any atom is -0.497 e. The van der Waals surface area contributed by atoms with E-state index in [9.17, 15) is 9.59 Å². The predicted molar refractivity (Wildman–Crippen MR) is 150 cm³/mol. The maximum Gasteiger partial charge on any atom is 0.223 e. The zero-order valence-corrected chi connectivity index (χ0v) is 22.8. The molecule has 4 aromatic rings. The molecule has 1 saturated heterocycles. The number of amides is 2. The number of piperidine rings is 1. The summed E-state index contributed by atoms with van der Waals surface area (Å²) >= 11 is 0. The Kier molecular flexibility index (Phi) is 8.19. The van der Waals surface area contributed by atoms with Gasteiger partial charge in [0, 0.05) is 49.8 Å². The second kappa shape index (κ2) is 12.1. The average molecular weight is 543 g/mol. The van der Waals surface area contributed by atoms with Gasteiger partial charge in [-0.05, 0) is 48.2 Å². The molecule has 5 rings (SSSR count). The molecule has 2 aromatic heterocycles. The molecule has 3 heterocycles. The van der Waals surface area contributed by atoms with Crippen molar-refractivity contribution in [3.8, 4) is 17.2 Å². The van der Waals surface area contributed by atoms with Crippen molar-refractivity contribution in [1.82, 2.24) is 14.3 Å². The van der Waals surface area contributed by atoms with Crippen molar-refractivity contribution in [2.24, 2.45) is 11.7 Å². The minimum absolute atomic E-state index is 0.00105. The summed E-state index contributed by atoms with van der Waals surface area (Å²) in [6, 6.07) is 19.4. The van der Waals surface area contributed by atoms with Gasteiger partial charge in [-0.1, -0.05) is 30.3 Å². The topological polar surface area (TPSA) is 108 Å². The van der Waals surface area contributed by atoms with E-state index in [1.807, 2.05) is 70.1 Å². The molecule has 0 saturated carbocycles. The zero-order valence-electron chi connectivity index (χ0n) is 22.8. The summed E-state index contributed by atoms with van der Waals surface area (Å²) in [6.45, 7) is 1.43. The number of primary amides is 1. The molecular formula is C31H34N4O5. The SMILES string of the molecule is COc1cc(OC)cc(C(CC(=O)N2CCC(C(N)=O)CC2)c2cnc3c(OCc4ccccc4)cccn23)c1. The van der Waals surface area contributed by atoms with Gasteiger partial charge in [-0.25, -0.2) is 4.98 Å². The van der Waals surface area contributed by atoms with E-state index in [1.165, 1.54) is 0 Å². The van der Waals surface area contributed by atoms with E-state index in [0.29, 0.717) is 55.4 Å². The standard InChI is InChI=1S/C31H34N4O5/c1-38-24-15-23(16-25(17-24)39-2)26(18-29(36)34-13-10-22(11-14-34)30(32)37)27-19-33-31-28(9-6-12-35(27)31)40-20-21-7-4-3-5-8-21/h3-9,12,15-17,19,22,26H,10-11,13-14,18,20H2,1-2H3,(H2,32,37). The van der Waals surface area contributed by atoms with Crippen LogP contribution in [0.2, 0.25) is 0 Å². The quantitative estimate of drug-likeness (QED) is 0.322. The van der Waals surface area contributed by atoms with Crippen molar-refractivity contribution in [1.29, 1.82) is 0 Å². The Bertz CT molecular complexity index is 1460. The first-order valence-corrected chi connectivity index (χ1v) is 13.4. The molecule has 1 aliphatic heterocycles. The van der Waals surface area contributed by atoms with Crippen LogP contribution in [0.1, 0.15) is 42.0 Å². The summed E-state index contributed by atoms with van der Waals surface area (Å²) < 4.78 is 19.2. The number of hydrogen-bond donors (Lipinski definition) is 1. The number of rotatable bonds is 10. The van der Waals surface area contributed by atoms with Crippen molar-refractivity contribution in [3.05, 3.63) is 89.9 Å². The van der Waals surface area contributed by atoms with E-state index in [1.54, 1.807) is 26.5 Å². The maximum absolute atomic E-state index is 13.6. The summed E-state index contributed by atoms with van der Waals surface area (Å²) in [5.41, 5.74) is 8.94. The van der Waals surface area contributed by atoms with Gasteiger partial charge in [0.05, 0.1) is 19.9 Å². The first kappa shape index (κ1) is 27.1. The molecule has 0 aliphatic carbocycles. The number of hydrogen-bond acceptors (Lipinski definition) is 6. The lowest BCUT2D eigenvalue weighted by Crippen LogP contribution is -2.42. The summed E-state index contributed by atoms with van der Waals surface area (Å²) in [4.78, 5) is 31.8. The highest BCUT2D eigenvalue weighted by molar-refractivity contribution is 5.80. The van der Waals surface area contributed by atoms with E-state index in [2.05, 4.69) is 0 Å². The van der Waals surface area contributed by atoms with Gasteiger partial charge in [-0.3, -0.25) is 9.59 Å². The highest BCUT2D eigenvalue weighted by Crippen LogP contribution is 2.36. The molecule has 1 atom stereocenters. The fourth-order valence-corrected chi connectivity index (χ4v) is 5.25. The van der Waals surface area contributed by atoms with Crippen LogP contribution in [0.3, 0.4) is 0 Å². The number of benzene rings is 2. The molecule has 9 nitrogen and oxygen atoms in total. The highest BCUT2D eigenvalue weighted by atomic mass is 16.5. The van der Waals surface area contributed by atoms with Gasteiger partial charge in [0.25, 0.3) is 0 Å². The lowest BCUT2D eigenvalue weighted by molar-refractivity contribution is -0.135. The normalized spacial score (nSPS) is 14.6. The van der Waals surface area contributed by atoms with Crippen LogP contribution in [0.15, 0.2) is 73.1 Å². The second-order valence-electron chi connectivity index (χ2n) is 9.98. The van der Waals surface area contributed by atoms with E-state index < -0.39 is 0 Å². The van der Waals surface area contributed by atoms with Gasteiger partial charge in [-0.2, -0.15) is 0 Å². The van der Waals surface area contributed by atoms with Crippen molar-refractivity contribution in [2.75, 3.05) is 27.3 Å². The molecule has 0 bridgehead atoms. The fraction of sp³-hybridized carbons (Fsp3) is 0.323. The van der Waals surface area contributed by atoms with Gasteiger partial charge in [0.15, 0.2) is 11.4 Å². The number of imidazole rings is 1. The molecule has 2 N–H and O–H groups in total. The van der Waals surface area contributed by atoms with Crippen LogP contribution in [0, 0.1) is 5.92 Å². The number of aromatic nitrogens is 2. The van der Waals surface area contributed by atoms with Crippen LogP contribution in [0.5, 0.6) is 17.2 Å². The van der Waals surface area contributed by atoms with Crippen LogP contribution < -0.4 is 19.9 Å². The molecule has 0 spiro atoms. The molecule has 2 aromatic carbocycles. The molecule has 1 aliphatic rings. The van der Waals surface area contributed by atoms with Crippen LogP contribution in [-0.2, 0) is 16.2 Å². The Hall–Kier alpha value is -4.53. The van der Waals surface area contributed by atoms with Gasteiger partial charge < -0.3 is 29.2 Å². The number of carbonyl (C=O) groups excluding carboxylic acids is 2. The van der Waals surface area contributed by atoms with Gasteiger partial charge in [0.2, 0.25) is 11.8 Å². The minimum atomic E-state index is -0.343. The third kappa shape index (κ3) is 5.88. The first-order chi connectivity index (χ1) is 19.5. The summed E-state index contributed by atoms with van der Waals surface area (Å²) in [5, 5.41) is 0. The number of ether oxygens (including phenoxy) is 3. The fourth-order valence-electron chi connectivity index (χ4n) is 5.25. The van der Waals surface area contributed by atoms with Crippen molar-refractivity contribution >= 4 is 17.5 Å². The number of likely N-dealkylation sites (tertiary alicyclic amines) is 1. The van der Waals surface area contributed by atoms with Crippen molar-refractivity contribution in [2.45, 2.75) is 31.8 Å². The molecular weight excluding hydrogens is 508 g/mol.